The highest BCUT2D eigenvalue weighted by Crippen LogP contribution is 1.71. The lowest BCUT2D eigenvalue weighted by molar-refractivity contribution is 0.423. The number of hydrogen-bond donors (Lipinski definition) is 2. The Labute approximate surface area is 35.1 Å². The van der Waals surface area contributed by atoms with Gasteiger partial charge in [-0.1, -0.05) is 0 Å². The van der Waals surface area contributed by atoms with Gasteiger partial charge >= 0.3 is 7.12 Å². The van der Waals surface area contributed by atoms with Crippen LogP contribution in [0.4, 0.5) is 4.39 Å². The van der Waals surface area contributed by atoms with Crippen LogP contribution in [0.1, 0.15) is 0 Å². The molecule has 2 N–H and O–H groups in total. The molecule has 0 aliphatic rings. The fourth-order valence-electron chi connectivity index (χ4n) is 0.0651. The Morgan fingerprint density at radius 2 is 2.00 bits per heavy atom. The predicted molar refractivity (Wildman–Crippen MR) is 20.4 cm³/mol. The molecule has 0 aromatic heterocycles. The minimum absolute atomic E-state index is 0.0741. The van der Waals surface area contributed by atoms with Gasteiger partial charge in [0.15, 0.2) is 0 Å². The summed E-state index contributed by atoms with van der Waals surface area (Å²) in [6, 6.07) is 0. The first kappa shape index (κ1) is 5.65. The van der Waals surface area contributed by atoms with E-state index in [0.29, 0.717) is 5.98 Å². The summed E-state index contributed by atoms with van der Waals surface area (Å²) in [6.45, 7) is 0. The van der Waals surface area contributed by atoms with Crippen LogP contribution in [0.5, 0.6) is 0 Å². The molecule has 0 radical (unpaired) electrons. The van der Waals surface area contributed by atoms with Crippen LogP contribution < -0.4 is 0 Å². The maximum atomic E-state index is 10.7. The first-order valence-electron chi connectivity index (χ1n) is 1.40. The Kier molecular flexibility index (Phi) is 2.70. The normalized spacial score (nSPS) is 9.83. The number of rotatable bonds is 1. The maximum absolute atomic E-state index is 10.7. The number of hydrogen-bond acceptors (Lipinski definition) is 2. The molecule has 0 spiro atoms. The first-order valence-corrected chi connectivity index (χ1v) is 1.40. The van der Waals surface area contributed by atoms with Gasteiger partial charge in [-0.3, -0.25) is 0 Å². The van der Waals surface area contributed by atoms with Crippen molar-refractivity contribution in [1.82, 2.24) is 0 Å². The van der Waals surface area contributed by atoms with Gasteiger partial charge in [-0.25, -0.2) is 4.39 Å². The zero-order valence-corrected chi connectivity index (χ0v) is 3.00. The summed E-state index contributed by atoms with van der Waals surface area (Å²) in [7, 11) is -1.66. The molecule has 0 bridgehead atoms. The molecule has 0 atom stereocenters. The van der Waals surface area contributed by atoms with E-state index in [1.165, 1.54) is 0 Å². The van der Waals surface area contributed by atoms with E-state index in [2.05, 4.69) is 0 Å². The molecule has 0 rings (SSSR count). The molecule has 0 saturated heterocycles. The van der Waals surface area contributed by atoms with E-state index in [1.54, 1.807) is 0 Å². The molecule has 0 aromatic rings. The van der Waals surface area contributed by atoms with E-state index < -0.39 is 7.12 Å². The molecule has 4 heteroatoms. The van der Waals surface area contributed by atoms with Crippen molar-refractivity contribution in [3.05, 3.63) is 12.3 Å². The Morgan fingerprint density at radius 1 is 1.50 bits per heavy atom. The van der Waals surface area contributed by atoms with Crippen LogP contribution in [0.2, 0.25) is 0 Å². The van der Waals surface area contributed by atoms with Crippen molar-refractivity contribution in [3.8, 4) is 0 Å². The Hall–Kier alpha value is -0.345. The van der Waals surface area contributed by atoms with Gasteiger partial charge in [0.25, 0.3) is 0 Å². The average Bonchev–Trinajstić information content (AvgIpc) is 1.35. The van der Waals surface area contributed by atoms with Gasteiger partial charge in [0.2, 0.25) is 0 Å². The molecular formula is C2H4BFO2. The standard InChI is InChI=1S/C2H4BFO2/c4-2-1-3(5)6/h1-2,5-6H. The summed E-state index contributed by atoms with van der Waals surface area (Å²) in [5, 5.41) is 15.6. The summed E-state index contributed by atoms with van der Waals surface area (Å²) in [5.41, 5.74) is 0. The van der Waals surface area contributed by atoms with Crippen LogP contribution in [-0.4, -0.2) is 17.2 Å². The average molecular weight is 89.9 g/mol. The molecule has 34 valence electrons. The molecule has 6 heavy (non-hydrogen) atoms. The third-order valence-corrected chi connectivity index (χ3v) is 0.245. The lowest BCUT2D eigenvalue weighted by atomic mass is 9.93. The van der Waals surface area contributed by atoms with E-state index in [1.807, 2.05) is 0 Å². The van der Waals surface area contributed by atoms with E-state index in [-0.39, 0.29) is 6.33 Å². The van der Waals surface area contributed by atoms with E-state index >= 15 is 0 Å². The third-order valence-electron chi connectivity index (χ3n) is 0.245. The van der Waals surface area contributed by atoms with Crippen LogP contribution in [-0.2, 0) is 0 Å². The molecule has 0 saturated carbocycles. The lowest BCUT2D eigenvalue weighted by Crippen LogP contribution is -2.04. The molecule has 0 amide bonds. The Bertz CT molecular complexity index is 53.5. The molecule has 0 unspecified atom stereocenters. The van der Waals surface area contributed by atoms with Gasteiger partial charge in [-0.15, -0.1) is 0 Å². The van der Waals surface area contributed by atoms with Crippen molar-refractivity contribution in [2.24, 2.45) is 0 Å². The maximum Gasteiger partial charge on any atom is 0.483 e. The highest BCUT2D eigenvalue weighted by atomic mass is 19.1. The quantitative estimate of drug-likeness (QED) is 0.425. The monoisotopic (exact) mass is 90.0 g/mol. The smallest absolute Gasteiger partial charge is 0.424 e. The third kappa shape index (κ3) is 3.65. The van der Waals surface area contributed by atoms with Gasteiger partial charge in [0.1, 0.15) is 0 Å². The summed E-state index contributed by atoms with van der Waals surface area (Å²) < 4.78 is 10.7. The van der Waals surface area contributed by atoms with Crippen molar-refractivity contribution in [2.75, 3.05) is 0 Å². The van der Waals surface area contributed by atoms with Crippen molar-refractivity contribution in [2.45, 2.75) is 0 Å². The van der Waals surface area contributed by atoms with Gasteiger partial charge in [0, 0.05) is 0 Å². The summed E-state index contributed by atoms with van der Waals surface area (Å²) in [5.74, 6) is 0.611. The summed E-state index contributed by atoms with van der Waals surface area (Å²) in [6.07, 6.45) is 0.0741. The molecule has 0 fully saturated rings. The minimum Gasteiger partial charge on any atom is -0.424 e. The van der Waals surface area contributed by atoms with Crippen LogP contribution in [0.3, 0.4) is 0 Å². The lowest BCUT2D eigenvalue weighted by Gasteiger charge is -1.76. The molecule has 0 aliphatic carbocycles. The second kappa shape index (κ2) is 2.87. The van der Waals surface area contributed by atoms with E-state index in [0.717, 1.165) is 0 Å². The fraction of sp³-hybridized carbons (Fsp3) is 0. The second-order valence-electron chi connectivity index (χ2n) is 0.732. The van der Waals surface area contributed by atoms with Gasteiger partial charge < -0.3 is 10.0 Å². The van der Waals surface area contributed by atoms with Gasteiger partial charge in [-0.2, -0.15) is 0 Å². The molecular weight excluding hydrogens is 85.8 g/mol. The van der Waals surface area contributed by atoms with Crippen molar-refractivity contribution in [1.29, 1.82) is 0 Å². The highest BCUT2D eigenvalue weighted by molar-refractivity contribution is 6.47. The van der Waals surface area contributed by atoms with Crippen LogP contribution in [0.25, 0.3) is 0 Å². The van der Waals surface area contributed by atoms with Gasteiger partial charge in [-0.05, 0) is 5.98 Å². The van der Waals surface area contributed by atoms with Gasteiger partial charge in [0.05, 0.1) is 6.33 Å². The van der Waals surface area contributed by atoms with Crippen LogP contribution >= 0.6 is 0 Å². The Balaban J connectivity index is 3.03. The number of halogens is 1. The zero-order valence-electron chi connectivity index (χ0n) is 3.00. The van der Waals surface area contributed by atoms with E-state index in [4.69, 9.17) is 10.0 Å². The van der Waals surface area contributed by atoms with Crippen molar-refractivity contribution >= 4 is 7.12 Å². The highest BCUT2D eigenvalue weighted by Gasteiger charge is 1.95. The SMILES string of the molecule is OB(O)C=CF. The summed E-state index contributed by atoms with van der Waals surface area (Å²) in [4.78, 5) is 0. The van der Waals surface area contributed by atoms with E-state index in [9.17, 15) is 4.39 Å². The molecule has 2 nitrogen and oxygen atoms in total. The first-order chi connectivity index (χ1) is 2.77. The minimum atomic E-state index is -1.66. The van der Waals surface area contributed by atoms with Crippen LogP contribution in [0.15, 0.2) is 12.3 Å². The fourth-order valence-corrected chi connectivity index (χ4v) is 0.0651. The molecule has 0 aliphatic heterocycles. The largest absolute Gasteiger partial charge is 0.483 e. The topological polar surface area (TPSA) is 40.5 Å². The summed E-state index contributed by atoms with van der Waals surface area (Å²) >= 11 is 0. The van der Waals surface area contributed by atoms with Crippen molar-refractivity contribution < 1.29 is 14.4 Å². The van der Waals surface area contributed by atoms with Crippen LogP contribution in [0, 0.1) is 0 Å². The molecule has 0 heterocycles. The predicted octanol–water partition coefficient (Wildman–Crippen LogP) is -0.518. The zero-order chi connectivity index (χ0) is 4.99. The second-order valence-corrected chi connectivity index (χ2v) is 0.732. The Morgan fingerprint density at radius 3 is 2.00 bits per heavy atom. The molecule has 0 aromatic carbocycles. The van der Waals surface area contributed by atoms with Crippen molar-refractivity contribution in [3.63, 3.8) is 0 Å².